The molecule has 0 radical (unpaired) electrons. The quantitative estimate of drug-likeness (QED) is 0.471. The van der Waals surface area contributed by atoms with Crippen LogP contribution in [0.15, 0.2) is 60.0 Å². The van der Waals surface area contributed by atoms with Gasteiger partial charge in [0.05, 0.1) is 27.8 Å². The summed E-state index contributed by atoms with van der Waals surface area (Å²) in [5.41, 5.74) is 3.09. The first-order valence-corrected chi connectivity index (χ1v) is 12.5. The Morgan fingerprint density at radius 3 is 2.41 bits per heavy atom. The molecule has 0 saturated carbocycles. The van der Waals surface area contributed by atoms with Crippen molar-refractivity contribution in [3.8, 4) is 0 Å². The second-order valence-electron chi connectivity index (χ2n) is 8.58. The molecule has 6 nitrogen and oxygen atoms in total. The van der Waals surface area contributed by atoms with Crippen molar-refractivity contribution < 1.29 is 14.3 Å². The van der Waals surface area contributed by atoms with E-state index in [2.05, 4.69) is 41.5 Å². The molecule has 4 rings (SSSR count). The maximum atomic E-state index is 12.7. The molecule has 1 saturated heterocycles. The molecule has 2 unspecified atom stereocenters. The van der Waals surface area contributed by atoms with Crippen LogP contribution in [0.2, 0.25) is 5.02 Å². The van der Waals surface area contributed by atoms with E-state index < -0.39 is 0 Å². The molecular formula is C26H28ClN3O3S. The SMILES string of the molecule is CC1CN(Cc2ccc(CNC(=O)c3ccc(Cl)c(NC(=O)c4cccs4)c3)cc2)CC(C)O1. The number of morpholine rings is 1. The summed E-state index contributed by atoms with van der Waals surface area (Å²) in [6.07, 6.45) is 0.492. The molecule has 2 heterocycles. The first kappa shape index (κ1) is 24.4. The number of hydrogen-bond acceptors (Lipinski definition) is 5. The number of halogens is 1. The fraction of sp³-hybridized carbons (Fsp3) is 0.308. The Balaban J connectivity index is 1.32. The minimum atomic E-state index is -0.254. The summed E-state index contributed by atoms with van der Waals surface area (Å²) in [6, 6.07) is 16.7. The molecule has 1 aliphatic heterocycles. The summed E-state index contributed by atoms with van der Waals surface area (Å²) in [5, 5.41) is 7.92. The second kappa shape index (κ2) is 11.1. The predicted octanol–water partition coefficient (Wildman–Crippen LogP) is 5.19. The molecule has 3 aromatic rings. The van der Waals surface area contributed by atoms with Crippen molar-refractivity contribution in [3.63, 3.8) is 0 Å². The Labute approximate surface area is 208 Å². The highest BCUT2D eigenvalue weighted by atomic mass is 35.5. The molecule has 178 valence electrons. The monoisotopic (exact) mass is 497 g/mol. The average molecular weight is 498 g/mol. The number of anilines is 1. The maximum absolute atomic E-state index is 12.7. The number of ether oxygens (including phenoxy) is 1. The molecule has 2 amide bonds. The third-order valence-electron chi connectivity index (χ3n) is 5.60. The Morgan fingerprint density at radius 1 is 1.03 bits per heavy atom. The molecule has 0 aliphatic carbocycles. The molecule has 2 atom stereocenters. The fourth-order valence-corrected chi connectivity index (χ4v) is 4.86. The van der Waals surface area contributed by atoms with E-state index in [1.54, 1.807) is 30.3 Å². The number of hydrogen-bond donors (Lipinski definition) is 2. The van der Waals surface area contributed by atoms with E-state index >= 15 is 0 Å². The van der Waals surface area contributed by atoms with E-state index in [9.17, 15) is 9.59 Å². The zero-order valence-electron chi connectivity index (χ0n) is 19.2. The lowest BCUT2D eigenvalue weighted by molar-refractivity contribution is -0.0704. The van der Waals surface area contributed by atoms with Gasteiger partial charge in [0.15, 0.2) is 0 Å². The first-order valence-electron chi connectivity index (χ1n) is 11.3. The van der Waals surface area contributed by atoms with Crippen molar-refractivity contribution in [1.82, 2.24) is 10.2 Å². The van der Waals surface area contributed by atoms with E-state index in [4.69, 9.17) is 16.3 Å². The Kier molecular flexibility index (Phi) is 8.00. The molecule has 2 N–H and O–H groups in total. The first-order chi connectivity index (χ1) is 16.4. The van der Waals surface area contributed by atoms with Crippen LogP contribution in [0.1, 0.15) is 45.0 Å². The van der Waals surface area contributed by atoms with Crippen molar-refractivity contribution in [1.29, 1.82) is 0 Å². The normalized spacial score (nSPS) is 18.4. The van der Waals surface area contributed by atoms with E-state index in [0.717, 1.165) is 25.2 Å². The lowest BCUT2D eigenvalue weighted by Crippen LogP contribution is -2.44. The molecule has 1 fully saturated rings. The van der Waals surface area contributed by atoms with Gasteiger partial charge in [-0.05, 0) is 54.6 Å². The van der Waals surface area contributed by atoms with E-state index in [1.165, 1.54) is 16.9 Å². The van der Waals surface area contributed by atoms with Gasteiger partial charge in [-0.2, -0.15) is 0 Å². The molecule has 0 spiro atoms. The van der Waals surface area contributed by atoms with Crippen LogP contribution in [0.5, 0.6) is 0 Å². The lowest BCUT2D eigenvalue weighted by atomic mass is 10.1. The summed E-state index contributed by atoms with van der Waals surface area (Å²) < 4.78 is 5.80. The van der Waals surface area contributed by atoms with Gasteiger partial charge in [-0.15, -0.1) is 11.3 Å². The van der Waals surface area contributed by atoms with Crippen molar-refractivity contribution in [2.75, 3.05) is 18.4 Å². The highest BCUT2D eigenvalue weighted by molar-refractivity contribution is 7.12. The van der Waals surface area contributed by atoms with Crippen molar-refractivity contribution >= 4 is 40.4 Å². The number of rotatable bonds is 7. The van der Waals surface area contributed by atoms with Crippen LogP contribution >= 0.6 is 22.9 Å². The van der Waals surface area contributed by atoms with Crippen LogP contribution in [-0.4, -0.2) is 42.0 Å². The van der Waals surface area contributed by atoms with Gasteiger partial charge in [-0.3, -0.25) is 14.5 Å². The van der Waals surface area contributed by atoms with Gasteiger partial charge in [0, 0.05) is 31.7 Å². The molecule has 1 aromatic heterocycles. The number of benzene rings is 2. The van der Waals surface area contributed by atoms with Crippen LogP contribution in [0.4, 0.5) is 5.69 Å². The number of carbonyl (C=O) groups is 2. The third kappa shape index (κ3) is 6.45. The van der Waals surface area contributed by atoms with Gasteiger partial charge in [0.25, 0.3) is 11.8 Å². The van der Waals surface area contributed by atoms with Gasteiger partial charge in [-0.25, -0.2) is 0 Å². The third-order valence-corrected chi connectivity index (χ3v) is 6.80. The Hall–Kier alpha value is -2.71. The Morgan fingerprint density at radius 2 is 1.74 bits per heavy atom. The van der Waals surface area contributed by atoms with Crippen molar-refractivity contribution in [3.05, 3.63) is 86.6 Å². The second-order valence-corrected chi connectivity index (χ2v) is 9.93. The lowest BCUT2D eigenvalue weighted by Gasteiger charge is -2.35. The summed E-state index contributed by atoms with van der Waals surface area (Å²) >= 11 is 7.57. The summed E-state index contributed by atoms with van der Waals surface area (Å²) in [5.74, 6) is -0.487. The zero-order valence-corrected chi connectivity index (χ0v) is 20.8. The molecular weight excluding hydrogens is 470 g/mol. The molecule has 0 bridgehead atoms. The van der Waals surface area contributed by atoms with E-state index in [0.29, 0.717) is 27.7 Å². The molecule has 8 heteroatoms. The molecule has 1 aliphatic rings. The number of nitrogens with zero attached hydrogens (tertiary/aromatic N) is 1. The van der Waals surface area contributed by atoms with Crippen LogP contribution in [-0.2, 0) is 17.8 Å². The number of amides is 2. The van der Waals surface area contributed by atoms with Crippen LogP contribution in [0, 0.1) is 0 Å². The summed E-state index contributed by atoms with van der Waals surface area (Å²) in [4.78, 5) is 28.0. The maximum Gasteiger partial charge on any atom is 0.265 e. The van der Waals surface area contributed by atoms with Crippen molar-refractivity contribution in [2.24, 2.45) is 0 Å². The van der Waals surface area contributed by atoms with Crippen LogP contribution < -0.4 is 10.6 Å². The van der Waals surface area contributed by atoms with Gasteiger partial charge < -0.3 is 15.4 Å². The average Bonchev–Trinajstić information content (AvgIpc) is 3.34. The zero-order chi connectivity index (χ0) is 24.1. The topological polar surface area (TPSA) is 70.7 Å². The fourth-order valence-electron chi connectivity index (χ4n) is 4.07. The highest BCUT2D eigenvalue weighted by Gasteiger charge is 2.22. The number of carbonyl (C=O) groups excluding carboxylic acids is 2. The minimum Gasteiger partial charge on any atom is -0.373 e. The molecule has 2 aromatic carbocycles. The van der Waals surface area contributed by atoms with Crippen LogP contribution in [0.3, 0.4) is 0 Å². The summed E-state index contributed by atoms with van der Waals surface area (Å²) in [7, 11) is 0. The minimum absolute atomic E-state index is 0.233. The largest absolute Gasteiger partial charge is 0.373 e. The van der Waals surface area contributed by atoms with Crippen LogP contribution in [0.25, 0.3) is 0 Å². The van der Waals surface area contributed by atoms with Gasteiger partial charge >= 0.3 is 0 Å². The smallest absolute Gasteiger partial charge is 0.265 e. The Bertz CT molecular complexity index is 1120. The highest BCUT2D eigenvalue weighted by Crippen LogP contribution is 2.24. The van der Waals surface area contributed by atoms with Crippen molar-refractivity contribution in [2.45, 2.75) is 39.1 Å². The van der Waals surface area contributed by atoms with E-state index in [-0.39, 0.29) is 24.0 Å². The summed E-state index contributed by atoms with van der Waals surface area (Å²) in [6.45, 7) is 7.36. The van der Waals surface area contributed by atoms with Gasteiger partial charge in [0.2, 0.25) is 0 Å². The van der Waals surface area contributed by atoms with Gasteiger partial charge in [0.1, 0.15) is 0 Å². The van der Waals surface area contributed by atoms with E-state index in [1.807, 2.05) is 17.5 Å². The van der Waals surface area contributed by atoms with Gasteiger partial charge in [-0.1, -0.05) is 41.9 Å². The molecule has 34 heavy (non-hydrogen) atoms. The number of nitrogens with one attached hydrogen (secondary N) is 2. The predicted molar refractivity (Wildman–Crippen MR) is 137 cm³/mol. The number of thiophene rings is 1. The standard InChI is InChI=1S/C26H28ClN3O3S/c1-17-14-30(15-18(2)33-17)16-20-7-5-19(6-8-20)13-28-25(31)21-9-10-22(27)23(12-21)29-26(32)24-4-3-11-34-24/h3-12,17-18H,13-16H2,1-2H3,(H,28,31)(H,29,32).